The number of aromatic nitrogens is 3. The van der Waals surface area contributed by atoms with Gasteiger partial charge < -0.3 is 14.4 Å². The first kappa shape index (κ1) is 34.7. The van der Waals surface area contributed by atoms with Gasteiger partial charge in [0.2, 0.25) is 0 Å². The zero-order chi connectivity index (χ0) is 32.0. The van der Waals surface area contributed by atoms with Crippen molar-refractivity contribution in [1.82, 2.24) is 15.0 Å². The summed E-state index contributed by atoms with van der Waals surface area (Å²) in [5.41, 5.74) is 2.91. The van der Waals surface area contributed by atoms with E-state index in [4.69, 9.17) is 29.3 Å². The van der Waals surface area contributed by atoms with Gasteiger partial charge in [-0.15, -0.1) is 0 Å². The van der Waals surface area contributed by atoms with Crippen LogP contribution < -0.4 is 14.7 Å². The Morgan fingerprint density at radius 3 is 0.696 bits per heavy atom. The minimum absolute atomic E-state index is 0. The van der Waals surface area contributed by atoms with Crippen molar-refractivity contribution in [3.8, 4) is 0 Å². The third kappa shape index (κ3) is 7.46. The van der Waals surface area contributed by atoms with Crippen molar-refractivity contribution < 1.29 is 35.4 Å². The number of fused-ring (bicyclic) bond motifs is 6. The number of anilines is 9. The van der Waals surface area contributed by atoms with Crippen molar-refractivity contribution in [2.24, 2.45) is 0 Å². The van der Waals surface area contributed by atoms with E-state index in [0.717, 1.165) is 52.0 Å². The number of pyridine rings is 3. The molecule has 7 rings (SSSR count). The van der Waals surface area contributed by atoms with Crippen molar-refractivity contribution in [1.29, 1.82) is 0 Å². The van der Waals surface area contributed by atoms with Crippen LogP contribution in [0.15, 0.2) is 146 Å². The first-order valence-electron chi connectivity index (χ1n) is 13.5. The van der Waals surface area contributed by atoms with Crippen LogP contribution in [0, 0.1) is 0 Å². The maximum atomic E-state index is 7.75. The molecule has 4 heterocycles. The van der Waals surface area contributed by atoms with E-state index in [-0.39, 0.29) is 21.1 Å². The third-order valence-electron chi connectivity index (χ3n) is 6.58. The molecule has 0 unspecified atom stereocenters. The van der Waals surface area contributed by atoms with Crippen LogP contribution in [-0.4, -0.2) is 35.3 Å². The molecular weight excluding hydrogens is 748 g/mol. The molecule has 0 N–H and O–H groups in total. The molecule has 6 bridgehead atoms. The second kappa shape index (κ2) is 17.5. The van der Waals surface area contributed by atoms with E-state index in [2.05, 4.69) is 71.5 Å². The van der Waals surface area contributed by atoms with Crippen LogP contribution in [0.3, 0.4) is 0 Å². The van der Waals surface area contributed by atoms with Gasteiger partial charge in [-0.2, -0.15) is 0 Å². The molecule has 10 heteroatoms. The molecule has 3 aromatic heterocycles. The van der Waals surface area contributed by atoms with Crippen molar-refractivity contribution in [2.75, 3.05) is 14.7 Å². The molecule has 3 aromatic carbocycles. The third-order valence-corrected chi connectivity index (χ3v) is 6.58. The molecule has 228 valence electrons. The zero-order valence-electron chi connectivity index (χ0n) is 24.4. The van der Waals surface area contributed by atoms with Gasteiger partial charge in [-0.25, -0.2) is 15.0 Å². The van der Waals surface area contributed by atoms with Crippen LogP contribution in [-0.2, 0) is 35.4 Å². The Balaban J connectivity index is 0.000000780. The van der Waals surface area contributed by atoms with Crippen LogP contribution in [0.4, 0.5) is 52.0 Å². The van der Waals surface area contributed by atoms with Gasteiger partial charge >= 0.3 is 0 Å². The number of carbonyl (C=O) groups excluding carboxylic acids is 3. The first-order chi connectivity index (χ1) is 22.3. The van der Waals surface area contributed by atoms with E-state index < -0.39 is 0 Å². The Hall–Kier alpha value is -5.79. The van der Waals surface area contributed by atoms with E-state index in [1.54, 1.807) is 0 Å². The molecule has 0 saturated carbocycles. The van der Waals surface area contributed by atoms with Crippen LogP contribution >= 0.6 is 0 Å². The summed E-state index contributed by atoms with van der Waals surface area (Å²) in [5, 5.41) is 0. The molecule has 0 aliphatic carbocycles. The Bertz CT molecular complexity index is 1530. The molecule has 1 aliphatic heterocycles. The topological polar surface area (TPSA) is 99.6 Å². The van der Waals surface area contributed by atoms with Crippen LogP contribution in [0.2, 0.25) is 0 Å². The monoisotopic (exact) mass is 775 g/mol. The fraction of sp³-hybridized carbons (Fsp3) is 0. The summed E-state index contributed by atoms with van der Waals surface area (Å²) in [7, 11) is 0. The van der Waals surface area contributed by atoms with Gasteiger partial charge in [0, 0.05) is 38.1 Å². The summed E-state index contributed by atoms with van der Waals surface area (Å²) < 4.78 is 0. The minimum Gasteiger partial charge on any atom is -0.545 e. The summed E-state index contributed by atoms with van der Waals surface area (Å²) in [4.78, 5) is 45.0. The first-order valence-corrected chi connectivity index (χ1v) is 13.5. The molecule has 0 fully saturated rings. The molecule has 46 heavy (non-hydrogen) atoms. The fourth-order valence-corrected chi connectivity index (χ4v) is 4.86. The summed E-state index contributed by atoms with van der Waals surface area (Å²) in [6.07, 6.45) is 0. The average Bonchev–Trinajstić information content (AvgIpc) is 3.13. The van der Waals surface area contributed by atoms with Gasteiger partial charge in [-0.1, -0.05) is 72.8 Å². The van der Waals surface area contributed by atoms with Crippen molar-refractivity contribution >= 4 is 72.3 Å². The van der Waals surface area contributed by atoms with Crippen LogP contribution in [0.1, 0.15) is 0 Å². The van der Waals surface area contributed by atoms with Gasteiger partial charge in [0.25, 0.3) is 0 Å². The minimum atomic E-state index is 0. The molecule has 1 aliphatic rings. The number of nitrogens with zero attached hydrogens (tertiary/aromatic N) is 6. The molecule has 0 radical (unpaired) electrons. The summed E-state index contributed by atoms with van der Waals surface area (Å²) in [5.74, 6) is 4.54. The van der Waals surface area contributed by atoms with E-state index in [9.17, 15) is 0 Å². The summed E-state index contributed by atoms with van der Waals surface area (Å²) >= 11 is 0. The molecular formula is C36H27N6O3W-3. The number of benzene rings is 3. The quantitative estimate of drug-likeness (QED) is 0.132. The van der Waals surface area contributed by atoms with E-state index in [1.807, 2.05) is 109 Å². The Labute approximate surface area is 282 Å². The number of hydrogen-bond donors (Lipinski definition) is 0. The van der Waals surface area contributed by atoms with Gasteiger partial charge in [0.15, 0.2) is 0 Å². The number of para-hydroxylation sites is 3. The van der Waals surface area contributed by atoms with Crippen molar-refractivity contribution in [3.05, 3.63) is 146 Å². The molecule has 0 saturated heterocycles. The molecule has 0 spiro atoms. The largest absolute Gasteiger partial charge is 0.545 e. The zero-order valence-corrected chi connectivity index (χ0v) is 27.3. The van der Waals surface area contributed by atoms with Gasteiger partial charge in [-0.3, -0.25) is 35.1 Å². The molecule has 6 aromatic rings. The normalized spacial score (nSPS) is 10.8. The maximum absolute atomic E-state index is 7.75. The summed E-state index contributed by atoms with van der Waals surface area (Å²) in [6, 6.07) is 48.8. The SMILES string of the molecule is [CH-]=O.[CH-]=O.[CH-]=O.[W].c1ccc(N2c3cccc(n3)N(c3ccccc3)c3cccc(n3)N(c3ccccc3)c3cccc2n3)cc1. The molecule has 0 atom stereocenters. The van der Waals surface area contributed by atoms with Gasteiger partial charge in [0.05, 0.1) is 0 Å². The second-order valence-corrected chi connectivity index (χ2v) is 9.07. The van der Waals surface area contributed by atoms with E-state index >= 15 is 0 Å². The smallest absolute Gasteiger partial charge is 0.141 e. The number of rotatable bonds is 3. The summed E-state index contributed by atoms with van der Waals surface area (Å²) in [6.45, 7) is 9.75. The van der Waals surface area contributed by atoms with E-state index in [1.165, 1.54) is 0 Å². The Morgan fingerprint density at radius 1 is 0.304 bits per heavy atom. The Morgan fingerprint density at radius 2 is 0.500 bits per heavy atom. The van der Waals surface area contributed by atoms with Crippen molar-refractivity contribution in [3.63, 3.8) is 0 Å². The van der Waals surface area contributed by atoms with Crippen LogP contribution in [0.25, 0.3) is 0 Å². The number of hydrogen-bond acceptors (Lipinski definition) is 9. The second-order valence-electron chi connectivity index (χ2n) is 9.07. The predicted octanol–water partition coefficient (Wildman–Crippen LogP) is 7.77. The van der Waals surface area contributed by atoms with Crippen molar-refractivity contribution in [2.45, 2.75) is 0 Å². The standard InChI is InChI=1S/C33H24N6.3CHO.W/c1-4-13-25(14-5-1)37-28-19-10-21-30(34-28)38(26-15-6-2-7-16-26)32-23-12-24-33(36-32)39(27-17-8-3-9-18-27)31-22-11-20-29(37)35-31;3*1-2;/h1-24H;3*1H;/q;3*-1;. The van der Waals surface area contributed by atoms with E-state index in [0.29, 0.717) is 0 Å². The maximum Gasteiger partial charge on any atom is 0.141 e. The fourth-order valence-electron chi connectivity index (χ4n) is 4.86. The average molecular weight is 775 g/mol. The molecule has 9 nitrogen and oxygen atoms in total. The van der Waals surface area contributed by atoms with Gasteiger partial charge in [-0.05, 0) is 72.8 Å². The molecule has 0 amide bonds. The Kier molecular flexibility index (Phi) is 13.2. The van der Waals surface area contributed by atoms with Gasteiger partial charge in [0.1, 0.15) is 34.9 Å². The van der Waals surface area contributed by atoms with Crippen LogP contribution in [0.5, 0.6) is 0 Å². The predicted molar refractivity (Wildman–Crippen MR) is 178 cm³/mol.